The average Bonchev–Trinajstić information content (AvgIpc) is 2.47. The molecule has 0 radical (unpaired) electrons. The summed E-state index contributed by atoms with van der Waals surface area (Å²) in [5.74, 6) is -4.94. The zero-order valence-electron chi connectivity index (χ0n) is 11.6. The maximum absolute atomic E-state index is 13.0. The Morgan fingerprint density at radius 3 is 2.22 bits per heavy atom. The molecule has 0 aliphatic rings. The lowest BCUT2D eigenvalue weighted by Gasteiger charge is -2.06. The van der Waals surface area contributed by atoms with Crippen molar-refractivity contribution in [2.24, 2.45) is 0 Å². The molecule has 0 bridgehead atoms. The first-order valence-corrected chi connectivity index (χ1v) is 7.72. The molecule has 1 atom stereocenters. The molecule has 8 heteroatoms. The lowest BCUT2D eigenvalue weighted by atomic mass is 10.2. The normalized spacial score (nSPS) is 12.0. The molecule has 122 valence electrons. The van der Waals surface area contributed by atoms with E-state index < -0.39 is 45.7 Å². The molecule has 2 rings (SSSR count). The number of carbonyl (C=O) groups excluding carboxylic acids is 1. The third-order valence-electron chi connectivity index (χ3n) is 2.83. The van der Waals surface area contributed by atoms with Crippen molar-refractivity contribution >= 4 is 16.7 Å². The summed E-state index contributed by atoms with van der Waals surface area (Å²) in [6, 6.07) is 5.48. The molecule has 0 aliphatic heterocycles. The Labute approximate surface area is 131 Å². The van der Waals surface area contributed by atoms with E-state index in [1.165, 1.54) is 0 Å². The fourth-order valence-corrected chi connectivity index (χ4v) is 2.75. The highest BCUT2D eigenvalue weighted by atomic mass is 32.2. The Kier molecular flexibility index (Phi) is 5.49. The highest BCUT2D eigenvalue weighted by Crippen LogP contribution is 2.12. The number of hydrogen-bond acceptors (Lipinski definition) is 2. The quantitative estimate of drug-likeness (QED) is 0.847. The van der Waals surface area contributed by atoms with Crippen LogP contribution in [0.25, 0.3) is 0 Å². The van der Waals surface area contributed by atoms with Crippen LogP contribution in [0.2, 0.25) is 0 Å². The summed E-state index contributed by atoms with van der Waals surface area (Å²) < 4.78 is 63.7. The predicted molar refractivity (Wildman–Crippen MR) is 75.8 cm³/mol. The van der Waals surface area contributed by atoms with Crippen LogP contribution in [0.3, 0.4) is 0 Å². The lowest BCUT2D eigenvalue weighted by molar-refractivity contribution is -0.118. The van der Waals surface area contributed by atoms with E-state index in [1.807, 2.05) is 0 Å². The molecule has 0 aromatic heterocycles. The maximum atomic E-state index is 13.0. The van der Waals surface area contributed by atoms with E-state index in [1.54, 1.807) is 0 Å². The number of rotatable bonds is 5. The van der Waals surface area contributed by atoms with E-state index in [4.69, 9.17) is 0 Å². The van der Waals surface area contributed by atoms with Crippen molar-refractivity contribution in [2.45, 2.75) is 11.4 Å². The monoisotopic (exact) mass is 345 g/mol. The minimum atomic E-state index is -1.87. The standard InChI is InChI=1S/C15H11F4NO2S/c16-10-3-9(4-11(17)5-10)7-20-15(21)8-23(22)12-1-2-13(18)14(19)6-12/h1-6H,7-8H2,(H,20,21)/t23-/m1/s1. The van der Waals surface area contributed by atoms with E-state index in [9.17, 15) is 26.6 Å². The molecule has 2 aromatic rings. The van der Waals surface area contributed by atoms with Crippen molar-refractivity contribution in [1.82, 2.24) is 5.32 Å². The molecule has 0 heterocycles. The minimum Gasteiger partial charge on any atom is -0.351 e. The molecular formula is C15H11F4NO2S. The fourth-order valence-electron chi connectivity index (χ4n) is 1.79. The summed E-state index contributed by atoms with van der Waals surface area (Å²) in [6.45, 7) is -0.150. The van der Waals surface area contributed by atoms with Crippen LogP contribution in [0.5, 0.6) is 0 Å². The predicted octanol–water partition coefficient (Wildman–Crippen LogP) is 2.67. The van der Waals surface area contributed by atoms with Gasteiger partial charge < -0.3 is 5.32 Å². The first-order valence-electron chi connectivity index (χ1n) is 6.40. The first-order chi connectivity index (χ1) is 10.8. The van der Waals surface area contributed by atoms with E-state index in [0.717, 1.165) is 30.3 Å². The van der Waals surface area contributed by atoms with Gasteiger partial charge in [0.25, 0.3) is 0 Å². The Morgan fingerprint density at radius 2 is 1.61 bits per heavy atom. The third-order valence-corrected chi connectivity index (χ3v) is 4.13. The molecular weight excluding hydrogens is 334 g/mol. The molecule has 0 unspecified atom stereocenters. The van der Waals surface area contributed by atoms with E-state index in [-0.39, 0.29) is 17.0 Å². The van der Waals surface area contributed by atoms with Gasteiger partial charge in [0.05, 0.1) is 10.8 Å². The Balaban J connectivity index is 1.93. The summed E-state index contributed by atoms with van der Waals surface area (Å²) in [5, 5.41) is 2.35. The van der Waals surface area contributed by atoms with Crippen molar-refractivity contribution in [3.63, 3.8) is 0 Å². The molecule has 0 fully saturated rings. The van der Waals surface area contributed by atoms with Gasteiger partial charge in [0.1, 0.15) is 17.4 Å². The van der Waals surface area contributed by atoms with E-state index in [0.29, 0.717) is 6.07 Å². The number of carbonyl (C=O) groups is 1. The topological polar surface area (TPSA) is 46.2 Å². The zero-order chi connectivity index (χ0) is 17.0. The van der Waals surface area contributed by atoms with Crippen molar-refractivity contribution < 1.29 is 26.6 Å². The molecule has 23 heavy (non-hydrogen) atoms. The Morgan fingerprint density at radius 1 is 0.957 bits per heavy atom. The van der Waals surface area contributed by atoms with Crippen molar-refractivity contribution in [3.8, 4) is 0 Å². The molecule has 1 N–H and O–H groups in total. The number of amides is 1. The number of hydrogen-bond donors (Lipinski definition) is 1. The zero-order valence-corrected chi connectivity index (χ0v) is 12.4. The van der Waals surface area contributed by atoms with Gasteiger partial charge in [-0.1, -0.05) is 0 Å². The van der Waals surface area contributed by atoms with Crippen LogP contribution in [-0.2, 0) is 22.1 Å². The third kappa shape index (κ3) is 4.88. The molecule has 0 aliphatic carbocycles. The molecule has 0 spiro atoms. The highest BCUT2D eigenvalue weighted by Gasteiger charge is 2.13. The van der Waals surface area contributed by atoms with Gasteiger partial charge in [-0.2, -0.15) is 0 Å². The number of benzene rings is 2. The van der Waals surface area contributed by atoms with Crippen LogP contribution < -0.4 is 5.32 Å². The van der Waals surface area contributed by atoms with Crippen LogP contribution in [0.15, 0.2) is 41.3 Å². The SMILES string of the molecule is O=C(C[S@@](=O)c1ccc(F)c(F)c1)NCc1cc(F)cc(F)c1. The van der Waals surface area contributed by atoms with Gasteiger partial charge in [0.2, 0.25) is 5.91 Å². The summed E-state index contributed by atoms with van der Waals surface area (Å²) >= 11 is 0. The van der Waals surface area contributed by atoms with E-state index >= 15 is 0 Å². The molecule has 3 nitrogen and oxygen atoms in total. The largest absolute Gasteiger partial charge is 0.351 e. The van der Waals surface area contributed by atoms with Gasteiger partial charge >= 0.3 is 0 Å². The van der Waals surface area contributed by atoms with Crippen LogP contribution in [0.1, 0.15) is 5.56 Å². The Bertz CT molecular complexity index is 747. The Hall–Kier alpha value is -2.22. The van der Waals surface area contributed by atoms with Gasteiger partial charge in [-0.25, -0.2) is 17.6 Å². The number of halogens is 4. The lowest BCUT2D eigenvalue weighted by Crippen LogP contribution is -2.28. The van der Waals surface area contributed by atoms with Crippen LogP contribution in [-0.4, -0.2) is 15.9 Å². The second-order valence-electron chi connectivity index (χ2n) is 4.62. The molecule has 2 aromatic carbocycles. The maximum Gasteiger partial charge on any atom is 0.233 e. The highest BCUT2D eigenvalue weighted by molar-refractivity contribution is 7.85. The summed E-state index contributed by atoms with van der Waals surface area (Å²) in [7, 11) is -1.87. The minimum absolute atomic E-state index is 0.0316. The van der Waals surface area contributed by atoms with Gasteiger partial charge in [-0.3, -0.25) is 9.00 Å². The number of nitrogens with one attached hydrogen (secondary N) is 1. The van der Waals surface area contributed by atoms with Gasteiger partial charge in [0.15, 0.2) is 11.6 Å². The van der Waals surface area contributed by atoms with Crippen molar-refractivity contribution in [2.75, 3.05) is 5.75 Å². The first kappa shape index (κ1) is 17.1. The van der Waals surface area contributed by atoms with Crippen LogP contribution >= 0.6 is 0 Å². The van der Waals surface area contributed by atoms with Crippen LogP contribution in [0, 0.1) is 23.3 Å². The molecule has 0 saturated heterocycles. The summed E-state index contributed by atoms with van der Waals surface area (Å²) in [6.07, 6.45) is 0. The van der Waals surface area contributed by atoms with E-state index in [2.05, 4.69) is 5.32 Å². The molecule has 1 amide bonds. The van der Waals surface area contributed by atoms with Gasteiger partial charge in [-0.15, -0.1) is 0 Å². The summed E-state index contributed by atoms with van der Waals surface area (Å²) in [4.78, 5) is 11.6. The second kappa shape index (κ2) is 7.36. The fraction of sp³-hybridized carbons (Fsp3) is 0.133. The van der Waals surface area contributed by atoms with Crippen molar-refractivity contribution in [1.29, 1.82) is 0 Å². The van der Waals surface area contributed by atoms with Crippen molar-refractivity contribution in [3.05, 3.63) is 65.2 Å². The molecule has 0 saturated carbocycles. The van der Waals surface area contributed by atoms with Crippen LogP contribution in [0.4, 0.5) is 17.6 Å². The van der Waals surface area contributed by atoms with Gasteiger partial charge in [0, 0.05) is 17.5 Å². The second-order valence-corrected chi connectivity index (χ2v) is 6.07. The average molecular weight is 345 g/mol. The smallest absolute Gasteiger partial charge is 0.233 e. The summed E-state index contributed by atoms with van der Waals surface area (Å²) in [5.41, 5.74) is 0.203. The van der Waals surface area contributed by atoms with Gasteiger partial charge in [-0.05, 0) is 35.9 Å².